The van der Waals surface area contributed by atoms with Crippen molar-refractivity contribution in [2.24, 2.45) is 5.92 Å². The molecule has 1 unspecified atom stereocenters. The van der Waals surface area contributed by atoms with Crippen LogP contribution in [0.15, 0.2) is 62.2 Å². The maximum absolute atomic E-state index is 3.00. The number of hydrogen-bond acceptors (Lipinski definition) is 1. The first-order chi connectivity index (χ1) is 16.5. The van der Waals surface area contributed by atoms with Gasteiger partial charge in [0, 0.05) is 6.04 Å². The second kappa shape index (κ2) is 30.4. The second-order valence-electron chi connectivity index (χ2n) is 9.31. The van der Waals surface area contributed by atoms with Gasteiger partial charge in [-0.2, -0.15) is 0 Å². The number of nitrogens with zero attached hydrogens (tertiary/aromatic N) is 1. The molecule has 1 nitrogen and oxygen atoms in total. The Morgan fingerprint density at radius 2 is 1.20 bits per heavy atom. The molecule has 0 saturated heterocycles. The van der Waals surface area contributed by atoms with Crippen molar-refractivity contribution in [2.75, 3.05) is 13.1 Å². The van der Waals surface area contributed by atoms with Gasteiger partial charge in [-0.15, -0.1) is 26.3 Å². The third-order valence-electron chi connectivity index (χ3n) is 5.04. The molecule has 35 heavy (non-hydrogen) atoms. The Labute approximate surface area is 224 Å². The van der Waals surface area contributed by atoms with Crippen LogP contribution in [0.1, 0.15) is 120 Å². The predicted molar refractivity (Wildman–Crippen MR) is 170 cm³/mol. The predicted octanol–water partition coefficient (Wildman–Crippen LogP) is 11.4. The molecule has 0 spiro atoms. The Bertz CT molecular complexity index is 538. The Morgan fingerprint density at radius 3 is 1.49 bits per heavy atom. The van der Waals surface area contributed by atoms with E-state index in [4.69, 9.17) is 0 Å². The number of aryl methyl sites for hydroxylation is 1. The minimum Gasteiger partial charge on any atom is -0.301 e. The van der Waals surface area contributed by atoms with Crippen LogP contribution >= 0.6 is 0 Å². The largest absolute Gasteiger partial charge is 0.301 e. The highest BCUT2D eigenvalue weighted by Gasteiger charge is 2.22. The van der Waals surface area contributed by atoms with Gasteiger partial charge in [0.15, 0.2) is 0 Å². The quantitative estimate of drug-likeness (QED) is 0.312. The summed E-state index contributed by atoms with van der Waals surface area (Å²) in [6.07, 6.45) is 6.12. The van der Waals surface area contributed by atoms with Gasteiger partial charge in [-0.05, 0) is 83.9 Å². The molecule has 0 saturated carbocycles. The lowest BCUT2D eigenvalue weighted by molar-refractivity contribution is 0.222. The molecule has 1 heteroatoms. The zero-order valence-electron chi connectivity index (χ0n) is 26.9. The lowest BCUT2D eigenvalue weighted by Crippen LogP contribution is -2.32. The topological polar surface area (TPSA) is 3.24 Å². The summed E-state index contributed by atoms with van der Waals surface area (Å²) >= 11 is 0. The van der Waals surface area contributed by atoms with Crippen molar-refractivity contribution < 1.29 is 0 Å². The molecule has 0 amide bonds. The highest BCUT2D eigenvalue weighted by molar-refractivity contribution is 5.27. The lowest BCUT2D eigenvalue weighted by Gasteiger charge is -2.28. The molecule has 0 N–H and O–H groups in total. The first-order valence-corrected chi connectivity index (χ1v) is 14.0. The van der Waals surface area contributed by atoms with Gasteiger partial charge >= 0.3 is 0 Å². The zero-order chi connectivity index (χ0) is 29.0. The Kier molecular flexibility index (Phi) is 37.8. The van der Waals surface area contributed by atoms with Gasteiger partial charge in [0.05, 0.1) is 0 Å². The van der Waals surface area contributed by atoms with Crippen LogP contribution in [0.2, 0.25) is 0 Å². The molecular weight excluding hydrogens is 422 g/mol. The molecule has 0 aliphatic heterocycles. The molecule has 0 bridgehead atoms. The summed E-state index contributed by atoms with van der Waals surface area (Å²) in [6, 6.07) is 9.68. The summed E-state index contributed by atoms with van der Waals surface area (Å²) in [6.45, 7) is 45.0. The van der Waals surface area contributed by atoms with Crippen LogP contribution < -0.4 is 0 Å². The minimum atomic E-state index is 0.249. The van der Waals surface area contributed by atoms with Gasteiger partial charge in [0.2, 0.25) is 0 Å². The molecular formula is C34H67N. The van der Waals surface area contributed by atoms with Crippen molar-refractivity contribution in [1.82, 2.24) is 4.90 Å². The van der Waals surface area contributed by atoms with Crippen LogP contribution in [0.3, 0.4) is 0 Å². The number of hydrogen-bond donors (Lipinski definition) is 0. The summed E-state index contributed by atoms with van der Waals surface area (Å²) in [7, 11) is 0. The van der Waals surface area contributed by atoms with Gasteiger partial charge in [-0.1, -0.05) is 104 Å². The van der Waals surface area contributed by atoms with Crippen molar-refractivity contribution in [3.63, 3.8) is 0 Å². The normalized spacial score (nSPS) is 10.3. The average molecular weight is 490 g/mol. The molecule has 208 valence electrons. The van der Waals surface area contributed by atoms with Crippen LogP contribution in [0.5, 0.6) is 0 Å². The molecule has 0 radical (unpaired) electrons. The Hall–Kier alpha value is -1.60. The van der Waals surface area contributed by atoms with Crippen LogP contribution in [0, 0.1) is 12.8 Å². The molecule has 1 atom stereocenters. The standard InChI is InChI=1S/C17H26.C9H21N.2C2H6.2C2H4/c1-13(2)11-15(4)12-17(5,6)16-9-7-14(3)8-10-16;1-5-7-10(8-6-2)9(3)4;4*1-2/h7-11,15H,12H2,1-6H3;9H,5-8H2,1-4H3;2*1-2H3;2*1-2H2. The SMILES string of the molecule is C=C.C=C.CC.CC.CC(C)=CC(C)CC(C)(C)c1ccc(C)cc1.CCCN(CCC)C(C)C. The third-order valence-corrected chi connectivity index (χ3v) is 5.04. The fourth-order valence-electron chi connectivity index (χ4n) is 3.76. The fourth-order valence-corrected chi connectivity index (χ4v) is 3.76. The summed E-state index contributed by atoms with van der Waals surface area (Å²) < 4.78 is 0. The maximum Gasteiger partial charge on any atom is 0.00385 e. The Balaban J connectivity index is -0.000000143. The summed E-state index contributed by atoms with van der Waals surface area (Å²) in [5, 5.41) is 0. The fraction of sp³-hybridized carbons (Fsp3) is 0.647. The van der Waals surface area contributed by atoms with Crippen molar-refractivity contribution in [1.29, 1.82) is 0 Å². The molecule has 0 aliphatic rings. The molecule has 0 aliphatic carbocycles. The monoisotopic (exact) mass is 490 g/mol. The van der Waals surface area contributed by atoms with E-state index < -0.39 is 0 Å². The van der Waals surface area contributed by atoms with Crippen LogP contribution in [-0.2, 0) is 5.41 Å². The van der Waals surface area contributed by atoms with E-state index in [1.807, 2.05) is 27.7 Å². The van der Waals surface area contributed by atoms with Gasteiger partial charge < -0.3 is 4.90 Å². The molecule has 1 aromatic carbocycles. The van der Waals surface area contributed by atoms with Crippen LogP contribution in [-0.4, -0.2) is 24.0 Å². The lowest BCUT2D eigenvalue weighted by atomic mass is 9.77. The molecule has 0 heterocycles. The molecule has 0 fully saturated rings. The van der Waals surface area contributed by atoms with Crippen molar-refractivity contribution in [2.45, 2.75) is 128 Å². The van der Waals surface area contributed by atoms with E-state index in [-0.39, 0.29) is 5.41 Å². The van der Waals surface area contributed by atoms with E-state index in [1.165, 1.54) is 49.1 Å². The van der Waals surface area contributed by atoms with E-state index in [0.717, 1.165) is 6.04 Å². The highest BCUT2D eigenvalue weighted by Crippen LogP contribution is 2.31. The first-order valence-electron chi connectivity index (χ1n) is 14.0. The van der Waals surface area contributed by atoms with E-state index in [0.29, 0.717) is 5.92 Å². The average Bonchev–Trinajstić information content (AvgIpc) is 2.84. The molecule has 1 aromatic rings. The summed E-state index contributed by atoms with van der Waals surface area (Å²) in [5.74, 6) is 0.635. The minimum absolute atomic E-state index is 0.249. The van der Waals surface area contributed by atoms with Gasteiger partial charge in [0.1, 0.15) is 0 Å². The van der Waals surface area contributed by atoms with Crippen molar-refractivity contribution in [3.05, 3.63) is 73.4 Å². The zero-order valence-corrected chi connectivity index (χ0v) is 26.9. The third kappa shape index (κ3) is 26.8. The first kappa shape index (κ1) is 43.5. The van der Waals surface area contributed by atoms with Crippen LogP contribution in [0.25, 0.3) is 0 Å². The Morgan fingerprint density at radius 1 is 0.829 bits per heavy atom. The van der Waals surface area contributed by atoms with Gasteiger partial charge in [-0.3, -0.25) is 0 Å². The second-order valence-corrected chi connectivity index (χ2v) is 9.31. The van der Waals surface area contributed by atoms with Crippen molar-refractivity contribution in [3.8, 4) is 0 Å². The van der Waals surface area contributed by atoms with Crippen LogP contribution in [0.4, 0.5) is 0 Å². The van der Waals surface area contributed by atoms with E-state index in [2.05, 4.69) is 131 Å². The smallest absolute Gasteiger partial charge is 0.00385 e. The molecule has 1 rings (SSSR count). The van der Waals surface area contributed by atoms with E-state index >= 15 is 0 Å². The number of rotatable bonds is 9. The van der Waals surface area contributed by atoms with Gasteiger partial charge in [-0.25, -0.2) is 0 Å². The number of allylic oxidation sites excluding steroid dienone is 2. The van der Waals surface area contributed by atoms with E-state index in [9.17, 15) is 0 Å². The number of benzene rings is 1. The summed E-state index contributed by atoms with van der Waals surface area (Å²) in [4.78, 5) is 2.53. The molecule has 0 aromatic heterocycles. The summed E-state index contributed by atoms with van der Waals surface area (Å²) in [5.41, 5.74) is 4.44. The van der Waals surface area contributed by atoms with Gasteiger partial charge in [0.25, 0.3) is 0 Å². The van der Waals surface area contributed by atoms with E-state index in [1.54, 1.807) is 0 Å². The highest BCUT2D eigenvalue weighted by atomic mass is 15.1. The maximum atomic E-state index is 3.00. The van der Waals surface area contributed by atoms with Crippen molar-refractivity contribution >= 4 is 0 Å².